The molecular weight excluding hydrogens is 893 g/mol. The monoisotopic (exact) mass is 946 g/mol. The number of furan rings is 3. The van der Waals surface area contributed by atoms with Crippen LogP contribution in [-0.2, 0) is 10.8 Å². The lowest BCUT2D eigenvalue weighted by Crippen LogP contribution is -2.14. The molecule has 5 nitrogen and oxygen atoms in total. The van der Waals surface area contributed by atoms with Gasteiger partial charge >= 0.3 is 0 Å². The van der Waals surface area contributed by atoms with Crippen LogP contribution in [0.4, 0.5) is 34.1 Å². The molecule has 13 rings (SSSR count). The van der Waals surface area contributed by atoms with Crippen LogP contribution in [0.3, 0.4) is 0 Å². The fraction of sp³-hybridized carbons (Fsp3) is 0.118. The Bertz CT molecular complexity index is 3930. The standard InChI is InChI=1S/C68H54N2O3/c1-67(2,3)49-19-25-51(26-20-49)69(65-55(43-13-9-7-10-14-43)29-31-61-57(65)33-35-71-61)53-23-17-45-39-59-60-40-46-18-24-54(38-48(46)42-64(60)73-63(59)41-47(45)37-53)70(52-27-21-50(22-28-52)68(4,5)6)66-56(44-15-11-8-12-16-44)30-32-62-58(66)34-36-72-62/h7-42H,1-6H3. The Labute approximate surface area is 425 Å². The van der Waals surface area contributed by atoms with Crippen LogP contribution < -0.4 is 9.80 Å². The Morgan fingerprint density at radius 2 is 0.712 bits per heavy atom. The van der Waals surface area contributed by atoms with Crippen molar-refractivity contribution >= 4 is 99.5 Å². The summed E-state index contributed by atoms with van der Waals surface area (Å²) in [5, 5.41) is 8.71. The van der Waals surface area contributed by atoms with Gasteiger partial charge in [0.05, 0.1) is 23.9 Å². The van der Waals surface area contributed by atoms with E-state index in [0.29, 0.717) is 0 Å². The molecule has 0 saturated carbocycles. The molecule has 0 aliphatic heterocycles. The Morgan fingerprint density at radius 1 is 0.315 bits per heavy atom. The van der Waals surface area contributed by atoms with E-state index in [-0.39, 0.29) is 10.8 Å². The van der Waals surface area contributed by atoms with Crippen LogP contribution in [0.25, 0.3) is 87.7 Å². The molecule has 3 heterocycles. The number of rotatable bonds is 8. The van der Waals surface area contributed by atoms with Gasteiger partial charge in [0.1, 0.15) is 22.3 Å². The minimum Gasteiger partial charge on any atom is -0.464 e. The Balaban J connectivity index is 0.958. The number of benzene rings is 10. The van der Waals surface area contributed by atoms with Crippen molar-refractivity contribution in [1.29, 1.82) is 0 Å². The first-order valence-corrected chi connectivity index (χ1v) is 25.2. The maximum atomic E-state index is 6.89. The normalized spacial score (nSPS) is 12.2. The molecule has 0 bridgehead atoms. The van der Waals surface area contributed by atoms with Gasteiger partial charge in [-0.15, -0.1) is 0 Å². The van der Waals surface area contributed by atoms with Crippen LogP contribution in [0.15, 0.2) is 232 Å². The van der Waals surface area contributed by atoms with Gasteiger partial charge in [0.2, 0.25) is 0 Å². The van der Waals surface area contributed by atoms with Gasteiger partial charge in [-0.25, -0.2) is 0 Å². The van der Waals surface area contributed by atoms with Gasteiger partial charge in [0.25, 0.3) is 0 Å². The topological polar surface area (TPSA) is 45.9 Å². The van der Waals surface area contributed by atoms with Crippen LogP contribution in [0.1, 0.15) is 52.7 Å². The van der Waals surface area contributed by atoms with Crippen molar-refractivity contribution in [2.75, 3.05) is 9.80 Å². The average molecular weight is 947 g/mol. The van der Waals surface area contributed by atoms with Crippen molar-refractivity contribution in [1.82, 2.24) is 0 Å². The third-order valence-electron chi connectivity index (χ3n) is 14.7. The SMILES string of the molecule is CC(C)(C)c1ccc(N(c2ccc3cc4c(cc3c2)oc2cc3cc(N(c5ccc(C(C)(C)C)cc5)c5c(-c6ccccc6)ccc6occc56)ccc3cc24)c2c(-c3ccccc3)ccc3occc23)cc1. The summed E-state index contributed by atoms with van der Waals surface area (Å²) in [5.41, 5.74) is 16.8. The molecule has 10 aromatic carbocycles. The maximum Gasteiger partial charge on any atom is 0.136 e. The van der Waals surface area contributed by atoms with Gasteiger partial charge in [-0.2, -0.15) is 0 Å². The van der Waals surface area contributed by atoms with E-state index < -0.39 is 0 Å². The fourth-order valence-corrected chi connectivity index (χ4v) is 10.8. The zero-order valence-corrected chi connectivity index (χ0v) is 41.9. The Kier molecular flexibility index (Phi) is 10.2. The quantitative estimate of drug-likeness (QED) is 0.152. The van der Waals surface area contributed by atoms with Gasteiger partial charge in [0.15, 0.2) is 0 Å². The lowest BCUT2D eigenvalue weighted by atomic mass is 9.87. The predicted molar refractivity (Wildman–Crippen MR) is 306 cm³/mol. The van der Waals surface area contributed by atoms with Crippen LogP contribution in [-0.4, -0.2) is 0 Å². The van der Waals surface area contributed by atoms with E-state index in [1.54, 1.807) is 12.5 Å². The second-order valence-corrected chi connectivity index (χ2v) is 21.4. The van der Waals surface area contributed by atoms with Crippen molar-refractivity contribution < 1.29 is 13.3 Å². The highest BCUT2D eigenvalue weighted by Gasteiger charge is 2.26. The smallest absolute Gasteiger partial charge is 0.136 e. The minimum absolute atomic E-state index is 0.0137. The molecule has 354 valence electrons. The Morgan fingerprint density at radius 3 is 1.11 bits per heavy atom. The molecule has 13 aromatic rings. The molecule has 0 atom stereocenters. The second kappa shape index (κ2) is 16.9. The molecule has 0 aliphatic carbocycles. The van der Waals surface area contributed by atoms with E-state index >= 15 is 0 Å². The Hall–Kier alpha value is -8.80. The number of hydrogen-bond acceptors (Lipinski definition) is 5. The third kappa shape index (κ3) is 7.71. The zero-order valence-electron chi connectivity index (χ0n) is 41.9. The van der Waals surface area contributed by atoms with Crippen LogP contribution in [0, 0.1) is 0 Å². The molecule has 3 aromatic heterocycles. The van der Waals surface area contributed by atoms with Crippen molar-refractivity contribution in [2.24, 2.45) is 0 Å². The molecule has 0 amide bonds. The summed E-state index contributed by atoms with van der Waals surface area (Å²) in [6.45, 7) is 13.6. The third-order valence-corrected chi connectivity index (χ3v) is 14.7. The largest absolute Gasteiger partial charge is 0.464 e. The van der Waals surface area contributed by atoms with Crippen molar-refractivity contribution in [3.05, 3.63) is 230 Å². The van der Waals surface area contributed by atoms with Crippen molar-refractivity contribution in [2.45, 2.75) is 52.4 Å². The summed E-state index contributed by atoms with van der Waals surface area (Å²) >= 11 is 0. The lowest BCUT2D eigenvalue weighted by Gasteiger charge is -2.29. The van der Waals surface area contributed by atoms with Crippen molar-refractivity contribution in [3.8, 4) is 22.3 Å². The zero-order chi connectivity index (χ0) is 49.6. The molecule has 0 N–H and O–H groups in total. The van der Waals surface area contributed by atoms with Gasteiger partial charge in [0, 0.05) is 55.4 Å². The van der Waals surface area contributed by atoms with E-state index in [0.717, 1.165) is 122 Å². The van der Waals surface area contributed by atoms with Gasteiger partial charge in [-0.05, 0) is 164 Å². The molecule has 0 spiro atoms. The molecule has 73 heavy (non-hydrogen) atoms. The summed E-state index contributed by atoms with van der Waals surface area (Å²) in [5.74, 6) is 0. The maximum absolute atomic E-state index is 6.89. The van der Waals surface area contributed by atoms with Crippen molar-refractivity contribution in [3.63, 3.8) is 0 Å². The lowest BCUT2D eigenvalue weighted by molar-refractivity contribution is 0.590. The number of fused-ring (bicyclic) bond motifs is 7. The molecular formula is C68H54N2O3. The van der Waals surface area contributed by atoms with Crippen LogP contribution >= 0.6 is 0 Å². The molecule has 5 heteroatoms. The van der Waals surface area contributed by atoms with E-state index in [9.17, 15) is 0 Å². The summed E-state index contributed by atoms with van der Waals surface area (Å²) in [7, 11) is 0. The van der Waals surface area contributed by atoms with Gasteiger partial charge in [-0.1, -0.05) is 139 Å². The highest BCUT2D eigenvalue weighted by molar-refractivity contribution is 6.15. The molecule has 0 radical (unpaired) electrons. The highest BCUT2D eigenvalue weighted by Crippen LogP contribution is 2.49. The van der Waals surface area contributed by atoms with E-state index in [2.05, 4.69) is 258 Å². The first-order valence-electron chi connectivity index (χ1n) is 25.2. The molecule has 0 saturated heterocycles. The number of hydrogen-bond donors (Lipinski definition) is 0. The summed E-state index contributed by atoms with van der Waals surface area (Å²) in [6, 6.07) is 74.6. The first-order chi connectivity index (χ1) is 35.4. The van der Waals surface area contributed by atoms with Crippen LogP contribution in [0.2, 0.25) is 0 Å². The van der Waals surface area contributed by atoms with E-state index in [1.807, 2.05) is 0 Å². The summed E-state index contributed by atoms with van der Waals surface area (Å²) < 4.78 is 19.0. The summed E-state index contributed by atoms with van der Waals surface area (Å²) in [4.78, 5) is 4.77. The summed E-state index contributed by atoms with van der Waals surface area (Å²) in [6.07, 6.45) is 3.58. The molecule has 0 fully saturated rings. The predicted octanol–water partition coefficient (Wildman–Crippen LogP) is 20.3. The van der Waals surface area contributed by atoms with Gasteiger partial charge < -0.3 is 23.1 Å². The minimum atomic E-state index is 0.0137. The second-order valence-electron chi connectivity index (χ2n) is 21.4. The van der Waals surface area contributed by atoms with E-state index in [1.165, 1.54) is 11.1 Å². The molecule has 0 unspecified atom stereocenters. The first kappa shape index (κ1) is 44.2. The van der Waals surface area contributed by atoms with E-state index in [4.69, 9.17) is 13.3 Å². The average Bonchev–Trinajstić information content (AvgIpc) is 4.17. The number of anilines is 6. The highest BCUT2D eigenvalue weighted by atomic mass is 16.3. The fourth-order valence-electron chi connectivity index (χ4n) is 10.8. The van der Waals surface area contributed by atoms with Gasteiger partial charge in [-0.3, -0.25) is 0 Å². The van der Waals surface area contributed by atoms with Crippen LogP contribution in [0.5, 0.6) is 0 Å². The number of nitrogens with zero attached hydrogens (tertiary/aromatic N) is 2. The molecule has 0 aliphatic rings.